The van der Waals surface area contributed by atoms with Crippen molar-refractivity contribution in [3.8, 4) is 0 Å². The lowest BCUT2D eigenvalue weighted by molar-refractivity contribution is -0.123. The van der Waals surface area contributed by atoms with Gasteiger partial charge in [-0.25, -0.2) is 0 Å². The molecule has 3 rings (SSSR count). The van der Waals surface area contributed by atoms with Crippen molar-refractivity contribution >= 4 is 11.8 Å². The summed E-state index contributed by atoms with van der Waals surface area (Å²) < 4.78 is 0. The summed E-state index contributed by atoms with van der Waals surface area (Å²) >= 11 is 0. The molecule has 2 unspecified atom stereocenters. The van der Waals surface area contributed by atoms with Crippen molar-refractivity contribution in [3.05, 3.63) is 71.8 Å². The van der Waals surface area contributed by atoms with E-state index in [1.54, 1.807) is 12.1 Å². The first kappa shape index (κ1) is 19.1. The van der Waals surface area contributed by atoms with Crippen molar-refractivity contribution in [1.82, 2.24) is 16.0 Å². The lowest BCUT2D eigenvalue weighted by Crippen LogP contribution is -2.49. The van der Waals surface area contributed by atoms with E-state index < -0.39 is 6.04 Å². The lowest BCUT2D eigenvalue weighted by Gasteiger charge is -2.24. The van der Waals surface area contributed by atoms with Gasteiger partial charge in [0.15, 0.2) is 0 Å². The average molecular weight is 365 g/mol. The molecule has 3 N–H and O–H groups in total. The van der Waals surface area contributed by atoms with Crippen LogP contribution in [-0.2, 0) is 11.2 Å². The minimum absolute atomic E-state index is 0.131. The molecular weight excluding hydrogens is 338 g/mol. The van der Waals surface area contributed by atoms with Crippen LogP contribution in [0.15, 0.2) is 60.7 Å². The third kappa shape index (κ3) is 5.93. The maximum absolute atomic E-state index is 12.8. The fourth-order valence-corrected chi connectivity index (χ4v) is 3.36. The van der Waals surface area contributed by atoms with Crippen LogP contribution in [0.2, 0.25) is 0 Å². The fraction of sp³-hybridized carbons (Fsp3) is 0.364. The first-order valence-corrected chi connectivity index (χ1v) is 9.60. The van der Waals surface area contributed by atoms with Crippen LogP contribution in [-0.4, -0.2) is 37.5 Å². The van der Waals surface area contributed by atoms with Gasteiger partial charge in [-0.3, -0.25) is 9.59 Å². The van der Waals surface area contributed by atoms with Gasteiger partial charge in [-0.2, -0.15) is 0 Å². The van der Waals surface area contributed by atoms with E-state index in [4.69, 9.17) is 0 Å². The molecule has 0 bridgehead atoms. The highest BCUT2D eigenvalue weighted by Crippen LogP contribution is 2.09. The smallest absolute Gasteiger partial charge is 0.251 e. The summed E-state index contributed by atoms with van der Waals surface area (Å²) in [5, 5.41) is 9.30. The van der Waals surface area contributed by atoms with E-state index in [-0.39, 0.29) is 11.8 Å². The predicted octanol–water partition coefficient (Wildman–Crippen LogP) is 2.14. The van der Waals surface area contributed by atoms with Gasteiger partial charge in [0.1, 0.15) is 6.04 Å². The Balaban J connectivity index is 1.64. The maximum Gasteiger partial charge on any atom is 0.251 e. The van der Waals surface area contributed by atoms with Crippen molar-refractivity contribution in [2.24, 2.45) is 5.92 Å². The third-order valence-corrected chi connectivity index (χ3v) is 4.90. The van der Waals surface area contributed by atoms with Crippen LogP contribution in [0, 0.1) is 5.92 Å². The van der Waals surface area contributed by atoms with E-state index in [0.29, 0.717) is 24.4 Å². The van der Waals surface area contributed by atoms with Gasteiger partial charge in [-0.15, -0.1) is 0 Å². The molecule has 0 radical (unpaired) electrons. The van der Waals surface area contributed by atoms with Crippen LogP contribution in [0.5, 0.6) is 0 Å². The van der Waals surface area contributed by atoms with E-state index >= 15 is 0 Å². The van der Waals surface area contributed by atoms with Crippen LogP contribution in [0.25, 0.3) is 0 Å². The van der Waals surface area contributed by atoms with E-state index in [1.807, 2.05) is 48.5 Å². The number of benzene rings is 2. The second-order valence-corrected chi connectivity index (χ2v) is 7.04. The van der Waals surface area contributed by atoms with Gasteiger partial charge in [0, 0.05) is 18.5 Å². The summed E-state index contributed by atoms with van der Waals surface area (Å²) in [6.45, 7) is 2.62. The molecule has 0 aliphatic carbocycles. The van der Waals surface area contributed by atoms with Crippen LogP contribution in [0.3, 0.4) is 0 Å². The van der Waals surface area contributed by atoms with E-state index in [0.717, 1.165) is 31.5 Å². The highest BCUT2D eigenvalue weighted by atomic mass is 16.2. The fourth-order valence-electron chi connectivity index (χ4n) is 3.36. The first-order valence-electron chi connectivity index (χ1n) is 9.60. The van der Waals surface area contributed by atoms with Crippen LogP contribution < -0.4 is 16.0 Å². The average Bonchev–Trinajstić information content (AvgIpc) is 2.73. The summed E-state index contributed by atoms with van der Waals surface area (Å²) in [6, 6.07) is 18.2. The topological polar surface area (TPSA) is 70.2 Å². The first-order chi connectivity index (χ1) is 13.2. The molecule has 2 aromatic carbocycles. The van der Waals surface area contributed by atoms with Crippen LogP contribution in [0.4, 0.5) is 0 Å². The summed E-state index contributed by atoms with van der Waals surface area (Å²) in [4.78, 5) is 25.4. The van der Waals surface area contributed by atoms with Gasteiger partial charge in [-0.05, 0) is 49.5 Å². The minimum Gasteiger partial charge on any atom is -0.354 e. The number of carbonyl (C=O) groups excluding carboxylic acids is 2. The summed E-state index contributed by atoms with van der Waals surface area (Å²) in [7, 11) is 0. The Hall–Kier alpha value is -2.66. The molecule has 2 atom stereocenters. The Bertz CT molecular complexity index is 728. The number of nitrogens with one attached hydrogen (secondary N) is 3. The van der Waals surface area contributed by atoms with E-state index in [1.165, 1.54) is 0 Å². The van der Waals surface area contributed by atoms with Gasteiger partial charge < -0.3 is 16.0 Å². The van der Waals surface area contributed by atoms with Gasteiger partial charge >= 0.3 is 0 Å². The van der Waals surface area contributed by atoms with Crippen molar-refractivity contribution in [2.75, 3.05) is 19.6 Å². The van der Waals surface area contributed by atoms with Crippen molar-refractivity contribution in [2.45, 2.75) is 25.3 Å². The summed E-state index contributed by atoms with van der Waals surface area (Å²) in [5.41, 5.74) is 1.57. The van der Waals surface area contributed by atoms with Gasteiger partial charge in [0.25, 0.3) is 5.91 Å². The highest BCUT2D eigenvalue weighted by Gasteiger charge is 2.23. The SMILES string of the molecule is O=C(NC(Cc1ccccc1)C(=O)NCC1CCCNC1)c1ccccc1. The van der Waals surface area contributed by atoms with E-state index in [9.17, 15) is 9.59 Å². The number of piperidine rings is 1. The van der Waals surface area contributed by atoms with Crippen molar-refractivity contribution in [1.29, 1.82) is 0 Å². The number of amides is 2. The molecule has 142 valence electrons. The molecule has 5 heteroatoms. The maximum atomic E-state index is 12.8. The zero-order chi connectivity index (χ0) is 18.9. The van der Waals surface area contributed by atoms with Gasteiger partial charge in [-0.1, -0.05) is 48.5 Å². The Morgan fingerprint density at radius 3 is 2.41 bits per heavy atom. The Morgan fingerprint density at radius 2 is 1.74 bits per heavy atom. The molecule has 1 fully saturated rings. The molecule has 2 aromatic rings. The standard InChI is InChI=1S/C22H27N3O2/c26-21(19-11-5-2-6-12-19)25-20(14-17-8-3-1-4-9-17)22(27)24-16-18-10-7-13-23-15-18/h1-6,8-9,11-12,18,20,23H,7,10,13-16H2,(H,24,27)(H,25,26). The predicted molar refractivity (Wildman–Crippen MR) is 106 cm³/mol. The second kappa shape index (κ2) is 9.88. The van der Waals surface area contributed by atoms with E-state index in [2.05, 4.69) is 16.0 Å². The Kier molecular flexibility index (Phi) is 6.99. The number of hydrogen-bond donors (Lipinski definition) is 3. The molecule has 1 saturated heterocycles. The molecule has 1 heterocycles. The molecule has 0 spiro atoms. The minimum atomic E-state index is -0.600. The van der Waals surface area contributed by atoms with Crippen LogP contribution >= 0.6 is 0 Å². The van der Waals surface area contributed by atoms with Crippen LogP contribution in [0.1, 0.15) is 28.8 Å². The Labute approximate surface area is 160 Å². The third-order valence-electron chi connectivity index (χ3n) is 4.90. The second-order valence-electron chi connectivity index (χ2n) is 7.04. The largest absolute Gasteiger partial charge is 0.354 e. The van der Waals surface area contributed by atoms with Crippen molar-refractivity contribution < 1.29 is 9.59 Å². The van der Waals surface area contributed by atoms with Gasteiger partial charge in [0.05, 0.1) is 0 Å². The normalized spacial score (nSPS) is 17.7. The molecule has 0 saturated carbocycles. The summed E-state index contributed by atoms with van der Waals surface area (Å²) in [5.74, 6) is 0.0876. The molecule has 0 aromatic heterocycles. The monoisotopic (exact) mass is 365 g/mol. The summed E-state index contributed by atoms with van der Waals surface area (Å²) in [6.07, 6.45) is 2.72. The highest BCUT2D eigenvalue weighted by molar-refractivity contribution is 5.97. The van der Waals surface area contributed by atoms with Crippen molar-refractivity contribution in [3.63, 3.8) is 0 Å². The number of rotatable bonds is 7. The molecule has 27 heavy (non-hydrogen) atoms. The number of carbonyl (C=O) groups is 2. The lowest BCUT2D eigenvalue weighted by atomic mass is 9.99. The molecule has 1 aliphatic rings. The quantitative estimate of drug-likeness (QED) is 0.704. The molecule has 5 nitrogen and oxygen atoms in total. The zero-order valence-corrected chi connectivity index (χ0v) is 15.5. The number of hydrogen-bond acceptors (Lipinski definition) is 3. The molecule has 1 aliphatic heterocycles. The zero-order valence-electron chi connectivity index (χ0n) is 15.5. The Morgan fingerprint density at radius 1 is 1.04 bits per heavy atom. The molecular formula is C22H27N3O2. The molecule has 2 amide bonds. The van der Waals surface area contributed by atoms with Gasteiger partial charge in [0.2, 0.25) is 5.91 Å².